The van der Waals surface area contributed by atoms with Gasteiger partial charge >= 0.3 is 0 Å². The summed E-state index contributed by atoms with van der Waals surface area (Å²) in [5.41, 5.74) is 0.347. The minimum atomic E-state index is -3.50. The Morgan fingerprint density at radius 1 is 1.30 bits per heavy atom. The van der Waals surface area contributed by atoms with Gasteiger partial charge in [0.1, 0.15) is 10.4 Å². The Balaban J connectivity index is 2.20. The maximum absolute atomic E-state index is 12.9. The molecule has 10 heteroatoms. The third kappa shape index (κ3) is 3.87. The first-order valence-corrected chi connectivity index (χ1v) is 11.3. The van der Waals surface area contributed by atoms with Crippen LogP contribution in [0.15, 0.2) is 0 Å². The van der Waals surface area contributed by atoms with Gasteiger partial charge in [-0.3, -0.25) is 0 Å². The summed E-state index contributed by atoms with van der Waals surface area (Å²) < 4.78 is 41.2. The second kappa shape index (κ2) is 8.06. The molecule has 1 fully saturated rings. The van der Waals surface area contributed by atoms with Crippen LogP contribution >= 0.6 is 11.6 Å². The Morgan fingerprint density at radius 3 is 2.63 bits per heavy atom. The molecule has 0 radical (unpaired) electrons. The summed E-state index contributed by atoms with van der Waals surface area (Å²) in [7, 11) is -1.86. The number of halogens is 1. The number of fused-ring (bicyclic) bond motifs is 1. The van der Waals surface area contributed by atoms with Gasteiger partial charge < -0.3 is 19.1 Å². The van der Waals surface area contributed by atoms with Crippen molar-refractivity contribution in [2.75, 3.05) is 51.2 Å². The molecule has 2 aliphatic rings. The molecule has 152 valence electrons. The first-order chi connectivity index (χ1) is 12.8. The Morgan fingerprint density at radius 2 is 2.00 bits per heavy atom. The van der Waals surface area contributed by atoms with Crippen molar-refractivity contribution in [1.82, 2.24) is 9.97 Å². The van der Waals surface area contributed by atoms with Crippen LogP contribution in [0.3, 0.4) is 0 Å². The quantitative estimate of drug-likeness (QED) is 0.667. The smallest absolute Gasteiger partial charge is 0.224 e. The van der Waals surface area contributed by atoms with Crippen LogP contribution in [-0.4, -0.2) is 70.8 Å². The SMILES string of the molecule is COCCN1c2nc(Cl)nc(C3(S(C)(=O)=O)CCOCC3)c2OCCC1C. The zero-order valence-electron chi connectivity index (χ0n) is 15.9. The number of anilines is 1. The van der Waals surface area contributed by atoms with E-state index in [-0.39, 0.29) is 11.3 Å². The van der Waals surface area contributed by atoms with Gasteiger partial charge in [0.2, 0.25) is 5.28 Å². The summed E-state index contributed by atoms with van der Waals surface area (Å²) in [6, 6.07) is 0.143. The molecule has 0 aromatic carbocycles. The molecule has 1 unspecified atom stereocenters. The van der Waals surface area contributed by atoms with Gasteiger partial charge in [0.25, 0.3) is 0 Å². The minimum Gasteiger partial charge on any atom is -0.488 e. The van der Waals surface area contributed by atoms with Gasteiger partial charge in [-0.25, -0.2) is 13.4 Å². The highest BCUT2D eigenvalue weighted by Crippen LogP contribution is 2.47. The molecular formula is C17H26ClN3O5S. The zero-order chi connectivity index (χ0) is 19.7. The minimum absolute atomic E-state index is 0.0124. The molecular weight excluding hydrogens is 394 g/mol. The van der Waals surface area contributed by atoms with Gasteiger partial charge in [0.05, 0.1) is 13.2 Å². The van der Waals surface area contributed by atoms with Crippen LogP contribution in [0, 0.1) is 0 Å². The summed E-state index contributed by atoms with van der Waals surface area (Å²) in [5.74, 6) is 0.939. The van der Waals surface area contributed by atoms with Gasteiger partial charge in [-0.1, -0.05) is 0 Å². The van der Waals surface area contributed by atoms with Gasteiger partial charge in [-0.05, 0) is 31.4 Å². The maximum Gasteiger partial charge on any atom is 0.224 e. The van der Waals surface area contributed by atoms with Crippen molar-refractivity contribution < 1.29 is 22.6 Å². The molecule has 3 rings (SSSR count). The van der Waals surface area contributed by atoms with E-state index < -0.39 is 14.6 Å². The van der Waals surface area contributed by atoms with Gasteiger partial charge in [0, 0.05) is 45.6 Å². The average molecular weight is 420 g/mol. The number of sulfone groups is 1. The van der Waals surface area contributed by atoms with Crippen LogP contribution < -0.4 is 9.64 Å². The third-order valence-electron chi connectivity index (χ3n) is 5.38. The second-order valence-electron chi connectivity index (χ2n) is 7.05. The van der Waals surface area contributed by atoms with Crippen LogP contribution in [0.25, 0.3) is 0 Å². The topological polar surface area (TPSA) is 90.9 Å². The molecule has 2 aliphatic heterocycles. The first-order valence-electron chi connectivity index (χ1n) is 9.04. The highest BCUT2D eigenvalue weighted by molar-refractivity contribution is 7.91. The molecule has 1 aromatic heterocycles. The molecule has 1 atom stereocenters. The lowest BCUT2D eigenvalue weighted by Crippen LogP contribution is -2.42. The lowest BCUT2D eigenvalue weighted by molar-refractivity contribution is 0.0722. The van der Waals surface area contributed by atoms with Crippen molar-refractivity contribution in [3.63, 3.8) is 0 Å². The van der Waals surface area contributed by atoms with E-state index in [9.17, 15) is 8.42 Å². The maximum atomic E-state index is 12.9. The van der Waals surface area contributed by atoms with Gasteiger partial charge in [-0.2, -0.15) is 4.98 Å². The molecule has 0 aliphatic carbocycles. The first kappa shape index (κ1) is 20.6. The van der Waals surface area contributed by atoms with Crippen molar-refractivity contribution >= 4 is 27.3 Å². The van der Waals surface area contributed by atoms with Crippen LogP contribution in [0.2, 0.25) is 5.28 Å². The van der Waals surface area contributed by atoms with E-state index in [2.05, 4.69) is 21.8 Å². The highest BCUT2D eigenvalue weighted by atomic mass is 35.5. The molecule has 1 saturated heterocycles. The second-order valence-corrected chi connectivity index (χ2v) is 9.71. The number of aromatic nitrogens is 2. The molecule has 0 saturated carbocycles. The van der Waals surface area contributed by atoms with E-state index >= 15 is 0 Å². The standard InChI is InChI=1S/C17H26ClN3O5S/c1-12-4-8-26-13-14(17(27(3,22)23)5-9-25-10-6-17)19-16(18)20-15(13)21(12)7-11-24-2/h12H,4-11H2,1-3H3. The summed E-state index contributed by atoms with van der Waals surface area (Å²) in [6.45, 7) is 4.30. The summed E-state index contributed by atoms with van der Waals surface area (Å²) in [5, 5.41) is 0.0124. The lowest BCUT2D eigenvalue weighted by atomic mass is 9.94. The van der Waals surface area contributed by atoms with E-state index in [4.69, 9.17) is 25.8 Å². The van der Waals surface area contributed by atoms with Crippen molar-refractivity contribution in [2.45, 2.75) is 37.0 Å². The molecule has 8 nitrogen and oxygen atoms in total. The molecule has 0 amide bonds. The Labute approximate surface area is 165 Å². The van der Waals surface area contributed by atoms with Crippen molar-refractivity contribution in [3.05, 3.63) is 11.0 Å². The number of methoxy groups -OCH3 is 1. The fourth-order valence-electron chi connectivity index (χ4n) is 3.74. The predicted octanol–water partition coefficient (Wildman–Crippen LogP) is 1.80. The van der Waals surface area contributed by atoms with E-state index in [0.717, 1.165) is 6.42 Å². The molecule has 27 heavy (non-hydrogen) atoms. The Kier molecular flexibility index (Phi) is 6.14. The molecule has 0 bridgehead atoms. The van der Waals surface area contributed by atoms with Gasteiger partial charge in [-0.15, -0.1) is 0 Å². The molecule has 3 heterocycles. The van der Waals surface area contributed by atoms with Crippen molar-refractivity contribution in [2.24, 2.45) is 0 Å². The number of nitrogens with zero attached hydrogens (tertiary/aromatic N) is 3. The normalized spacial score (nSPS) is 22.7. The summed E-state index contributed by atoms with van der Waals surface area (Å²) in [6.07, 6.45) is 2.63. The number of hydrogen-bond acceptors (Lipinski definition) is 8. The fraction of sp³-hybridized carbons (Fsp3) is 0.765. The fourth-order valence-corrected chi connectivity index (χ4v) is 5.31. The Hall–Kier alpha value is -1.16. The third-order valence-corrected chi connectivity index (χ3v) is 7.57. The molecule has 0 spiro atoms. The van der Waals surface area contributed by atoms with Crippen molar-refractivity contribution in [1.29, 1.82) is 0 Å². The van der Waals surface area contributed by atoms with Gasteiger partial charge in [0.15, 0.2) is 21.4 Å². The zero-order valence-corrected chi connectivity index (χ0v) is 17.5. The summed E-state index contributed by atoms with van der Waals surface area (Å²) >= 11 is 6.25. The number of rotatable bonds is 5. The Bertz CT molecular complexity index is 783. The van der Waals surface area contributed by atoms with E-state index in [1.54, 1.807) is 7.11 Å². The van der Waals surface area contributed by atoms with E-state index in [1.807, 2.05) is 0 Å². The number of ether oxygens (including phenoxy) is 3. The predicted molar refractivity (Wildman–Crippen MR) is 102 cm³/mol. The van der Waals surface area contributed by atoms with E-state index in [1.165, 1.54) is 6.26 Å². The molecule has 1 aromatic rings. The highest BCUT2D eigenvalue weighted by Gasteiger charge is 2.49. The van der Waals surface area contributed by atoms with Crippen molar-refractivity contribution in [3.8, 4) is 5.75 Å². The van der Waals surface area contributed by atoms with Crippen LogP contribution in [0.5, 0.6) is 5.75 Å². The van der Waals surface area contributed by atoms with Crippen LogP contribution in [0.1, 0.15) is 31.9 Å². The van der Waals surface area contributed by atoms with E-state index in [0.29, 0.717) is 63.1 Å². The summed E-state index contributed by atoms with van der Waals surface area (Å²) in [4.78, 5) is 10.8. The largest absolute Gasteiger partial charge is 0.488 e. The van der Waals surface area contributed by atoms with Crippen LogP contribution in [0.4, 0.5) is 5.82 Å². The molecule has 0 N–H and O–H groups in total. The lowest BCUT2D eigenvalue weighted by Gasteiger charge is -2.36. The average Bonchev–Trinajstić information content (AvgIpc) is 2.77. The monoisotopic (exact) mass is 419 g/mol. The number of hydrogen-bond donors (Lipinski definition) is 0. The van der Waals surface area contributed by atoms with Crippen LogP contribution in [-0.2, 0) is 24.1 Å².